The Hall–Kier alpha value is -3.56. The van der Waals surface area contributed by atoms with Crippen molar-refractivity contribution in [1.29, 1.82) is 0 Å². The smallest absolute Gasteiger partial charge is 0.252 e. The van der Waals surface area contributed by atoms with E-state index in [2.05, 4.69) is 60.0 Å². The van der Waals surface area contributed by atoms with E-state index in [1.54, 1.807) is 22.9 Å². The Morgan fingerprint density at radius 2 is 1.85 bits per heavy atom. The lowest BCUT2D eigenvalue weighted by atomic mass is 9.79. The number of ether oxygens (including phenoxy) is 1. The monoisotopic (exact) mass is 530 g/mol. The van der Waals surface area contributed by atoms with Crippen LogP contribution in [0.25, 0.3) is 11.0 Å². The second-order valence-corrected chi connectivity index (χ2v) is 11.0. The molecule has 39 heavy (non-hydrogen) atoms. The molecule has 2 aliphatic rings. The van der Waals surface area contributed by atoms with Gasteiger partial charge in [0.05, 0.1) is 11.6 Å². The third-order valence-electron chi connectivity index (χ3n) is 8.37. The van der Waals surface area contributed by atoms with Crippen LogP contribution in [0.2, 0.25) is 0 Å². The lowest BCUT2D eigenvalue weighted by Gasteiger charge is -2.53. The van der Waals surface area contributed by atoms with Crippen LogP contribution in [0, 0.1) is 0 Å². The summed E-state index contributed by atoms with van der Waals surface area (Å²) in [5.41, 5.74) is 2.81. The summed E-state index contributed by atoms with van der Waals surface area (Å²) in [6.07, 6.45) is 4.96. The van der Waals surface area contributed by atoms with Gasteiger partial charge < -0.3 is 15.0 Å². The Kier molecular flexibility index (Phi) is 7.55. The topological polar surface area (TPSA) is 92.6 Å². The molecule has 0 saturated carbocycles. The van der Waals surface area contributed by atoms with E-state index in [-0.39, 0.29) is 29.1 Å². The molecule has 9 heteroatoms. The van der Waals surface area contributed by atoms with E-state index in [1.807, 2.05) is 18.7 Å². The van der Waals surface area contributed by atoms with Crippen molar-refractivity contribution in [3.63, 3.8) is 0 Å². The van der Waals surface area contributed by atoms with Crippen LogP contribution < -0.4 is 10.9 Å². The van der Waals surface area contributed by atoms with Crippen LogP contribution in [0.1, 0.15) is 56.8 Å². The summed E-state index contributed by atoms with van der Waals surface area (Å²) >= 11 is 0. The van der Waals surface area contributed by atoms with Gasteiger partial charge in [0, 0.05) is 56.0 Å². The van der Waals surface area contributed by atoms with Gasteiger partial charge in [-0.25, -0.2) is 4.98 Å². The fourth-order valence-corrected chi connectivity index (χ4v) is 5.88. The first-order valence-corrected chi connectivity index (χ1v) is 13.7. The maximum atomic E-state index is 12.4. The Bertz CT molecular complexity index is 1400. The molecule has 2 aliphatic heterocycles. The van der Waals surface area contributed by atoms with Gasteiger partial charge >= 0.3 is 0 Å². The maximum Gasteiger partial charge on any atom is 0.252 e. The molecular formula is C30H38N6O3. The van der Waals surface area contributed by atoms with E-state index in [0.717, 1.165) is 36.9 Å². The minimum absolute atomic E-state index is 0.00459. The molecule has 1 atom stereocenters. The number of nitrogens with zero attached hydrogens (tertiary/aromatic N) is 5. The number of anilines is 1. The summed E-state index contributed by atoms with van der Waals surface area (Å²) in [6, 6.07) is 12.4. The van der Waals surface area contributed by atoms with E-state index in [0.29, 0.717) is 30.9 Å². The number of rotatable bonds is 8. The van der Waals surface area contributed by atoms with Gasteiger partial charge in [-0.3, -0.25) is 19.1 Å². The minimum Gasteiger partial charge on any atom is -0.381 e. The molecule has 0 spiro atoms. The normalized spacial score (nSPS) is 18.3. The third kappa shape index (κ3) is 5.08. The number of benzene rings is 1. The maximum absolute atomic E-state index is 12.4. The van der Waals surface area contributed by atoms with Crippen molar-refractivity contribution in [2.75, 3.05) is 38.7 Å². The van der Waals surface area contributed by atoms with Gasteiger partial charge in [-0.15, -0.1) is 0 Å². The number of fused-ring (bicyclic) bond motifs is 1. The highest BCUT2D eigenvalue weighted by Gasteiger charge is 2.45. The molecule has 3 aromatic rings. The van der Waals surface area contributed by atoms with Crippen molar-refractivity contribution in [2.24, 2.45) is 0 Å². The Balaban J connectivity index is 1.35. The van der Waals surface area contributed by atoms with Gasteiger partial charge in [-0.05, 0) is 63.9 Å². The highest BCUT2D eigenvalue weighted by Crippen LogP contribution is 2.40. The van der Waals surface area contributed by atoms with Crippen LogP contribution in [-0.2, 0) is 15.1 Å². The number of carbonyl (C=O) groups is 1. The van der Waals surface area contributed by atoms with Crippen LogP contribution >= 0.6 is 0 Å². The van der Waals surface area contributed by atoms with E-state index in [4.69, 9.17) is 9.72 Å². The van der Waals surface area contributed by atoms with Crippen LogP contribution in [0.3, 0.4) is 0 Å². The quantitative estimate of drug-likeness (QED) is 0.442. The zero-order valence-electron chi connectivity index (χ0n) is 23.3. The number of hydrogen-bond acceptors (Lipinski definition) is 7. The Morgan fingerprint density at radius 3 is 2.49 bits per heavy atom. The van der Waals surface area contributed by atoms with Crippen LogP contribution in [-0.4, -0.2) is 69.6 Å². The number of likely N-dealkylation sites (N-methyl/N-ethyl adjacent to an activating group) is 1. The summed E-state index contributed by atoms with van der Waals surface area (Å²) < 4.78 is 7.44. The first-order chi connectivity index (χ1) is 18.7. The zero-order chi connectivity index (χ0) is 27.7. The van der Waals surface area contributed by atoms with Gasteiger partial charge in [0.1, 0.15) is 5.65 Å². The van der Waals surface area contributed by atoms with Crippen molar-refractivity contribution >= 4 is 22.9 Å². The van der Waals surface area contributed by atoms with E-state index in [9.17, 15) is 9.59 Å². The van der Waals surface area contributed by atoms with Crippen LogP contribution in [0.5, 0.6) is 0 Å². The van der Waals surface area contributed by atoms with Crippen molar-refractivity contribution < 1.29 is 9.53 Å². The molecule has 0 bridgehead atoms. The van der Waals surface area contributed by atoms with Crippen molar-refractivity contribution in [2.45, 2.75) is 57.3 Å². The summed E-state index contributed by atoms with van der Waals surface area (Å²) in [6.45, 7) is 12.5. The van der Waals surface area contributed by atoms with Crippen LogP contribution in [0.4, 0.5) is 5.95 Å². The largest absolute Gasteiger partial charge is 0.381 e. The summed E-state index contributed by atoms with van der Waals surface area (Å²) in [5.74, 6) is 0.484. The standard InChI is InChI=1S/C30H38N6O3/c1-6-26(37)35-18-25(19-35)34(5)30(13-15-39-16-14-30)24-10-7-22(8-11-24)21(4)32-29-31-17-23-9-12-27(38)36(20(2)3)28(23)33-29/h6-12,17,20-21,25H,1,13-16,18-19H2,2-5H3,(H,31,32,33)/t21-/m0/s1. The summed E-state index contributed by atoms with van der Waals surface area (Å²) in [7, 11) is 2.18. The molecule has 2 saturated heterocycles. The molecule has 2 fully saturated rings. The molecule has 1 amide bonds. The Labute approximate surface area is 229 Å². The molecule has 0 aliphatic carbocycles. The zero-order valence-corrected chi connectivity index (χ0v) is 23.3. The summed E-state index contributed by atoms with van der Waals surface area (Å²) in [4.78, 5) is 37.9. The highest BCUT2D eigenvalue weighted by atomic mass is 16.5. The molecule has 5 rings (SSSR count). The number of amides is 1. The third-order valence-corrected chi connectivity index (χ3v) is 8.37. The molecule has 4 heterocycles. The molecule has 0 radical (unpaired) electrons. The number of carbonyl (C=O) groups excluding carboxylic acids is 1. The van der Waals surface area contributed by atoms with Crippen molar-refractivity contribution in [3.8, 4) is 0 Å². The predicted octanol–water partition coefficient (Wildman–Crippen LogP) is 3.88. The molecule has 2 aromatic heterocycles. The fraction of sp³-hybridized carbons (Fsp3) is 0.467. The van der Waals surface area contributed by atoms with Gasteiger partial charge in [-0.2, -0.15) is 4.98 Å². The first-order valence-electron chi connectivity index (χ1n) is 13.7. The molecular weight excluding hydrogens is 492 g/mol. The number of hydrogen-bond donors (Lipinski definition) is 1. The summed E-state index contributed by atoms with van der Waals surface area (Å²) in [5, 5.41) is 4.24. The van der Waals surface area contributed by atoms with Crippen molar-refractivity contribution in [3.05, 3.63) is 76.7 Å². The SMILES string of the molecule is C=CC(=O)N1CC(N(C)C2(c3ccc([C@H](C)Nc4ncc5ccc(=O)n(C(C)C)c5n4)cc3)CCOCC2)C1. The van der Waals surface area contributed by atoms with Crippen molar-refractivity contribution in [1.82, 2.24) is 24.3 Å². The minimum atomic E-state index is -0.136. The predicted molar refractivity (Wildman–Crippen MR) is 153 cm³/mol. The van der Waals surface area contributed by atoms with E-state index in [1.165, 1.54) is 11.6 Å². The fourth-order valence-electron chi connectivity index (χ4n) is 5.88. The van der Waals surface area contributed by atoms with E-state index >= 15 is 0 Å². The second-order valence-electron chi connectivity index (χ2n) is 11.0. The van der Waals surface area contributed by atoms with Crippen LogP contribution in [0.15, 0.2) is 60.0 Å². The molecule has 1 aromatic carbocycles. The lowest BCUT2D eigenvalue weighted by Crippen LogP contribution is -2.65. The molecule has 0 unspecified atom stereocenters. The van der Waals surface area contributed by atoms with Gasteiger partial charge in [0.2, 0.25) is 11.9 Å². The second kappa shape index (κ2) is 10.9. The highest BCUT2D eigenvalue weighted by molar-refractivity contribution is 5.87. The van der Waals surface area contributed by atoms with Gasteiger partial charge in [0.15, 0.2) is 0 Å². The lowest BCUT2D eigenvalue weighted by molar-refractivity contribution is -0.137. The molecule has 9 nitrogen and oxygen atoms in total. The molecule has 1 N–H and O–H groups in total. The number of likely N-dealkylation sites (tertiary alicyclic amines) is 1. The average molecular weight is 531 g/mol. The molecule has 206 valence electrons. The average Bonchev–Trinajstić information content (AvgIpc) is 2.92. The van der Waals surface area contributed by atoms with Gasteiger partial charge in [-0.1, -0.05) is 30.8 Å². The number of aromatic nitrogens is 3. The first kappa shape index (κ1) is 27.0. The Morgan fingerprint density at radius 1 is 1.15 bits per heavy atom. The number of pyridine rings is 1. The number of nitrogens with one attached hydrogen (secondary N) is 1. The van der Waals surface area contributed by atoms with E-state index < -0.39 is 0 Å². The van der Waals surface area contributed by atoms with Gasteiger partial charge in [0.25, 0.3) is 5.56 Å².